The summed E-state index contributed by atoms with van der Waals surface area (Å²) >= 11 is 0. The minimum Gasteiger partial charge on any atom is -0.469 e. The highest BCUT2D eigenvalue weighted by Gasteiger charge is 2.29. The summed E-state index contributed by atoms with van der Waals surface area (Å²) in [7, 11) is -1.52. The van der Waals surface area contributed by atoms with E-state index in [-0.39, 0.29) is 6.04 Å². The molecule has 0 aromatic carbocycles. The third-order valence-corrected chi connectivity index (χ3v) is 5.46. The molecule has 21 heavy (non-hydrogen) atoms. The molecule has 0 bridgehead atoms. The summed E-state index contributed by atoms with van der Waals surface area (Å²) in [4.78, 5) is 0. The van der Waals surface area contributed by atoms with E-state index in [0.29, 0.717) is 25.4 Å². The molecule has 1 fully saturated rings. The van der Waals surface area contributed by atoms with Gasteiger partial charge in [0.1, 0.15) is 5.76 Å². The van der Waals surface area contributed by atoms with Crippen molar-refractivity contribution in [2.45, 2.75) is 32.2 Å². The number of nitrogens with zero attached hydrogens (tertiary/aromatic N) is 1. The summed E-state index contributed by atoms with van der Waals surface area (Å²) < 4.78 is 34.4. The summed E-state index contributed by atoms with van der Waals surface area (Å²) in [6.07, 6.45) is 4.15. The Kier molecular flexibility index (Phi) is 5.80. The van der Waals surface area contributed by atoms with Crippen molar-refractivity contribution in [3.8, 4) is 0 Å². The normalized spacial score (nSPS) is 22.3. The molecule has 1 aliphatic rings. The number of piperidine rings is 1. The Morgan fingerprint density at radius 3 is 3.00 bits per heavy atom. The van der Waals surface area contributed by atoms with Crippen LogP contribution in [0.25, 0.3) is 0 Å². The molecule has 0 spiro atoms. The Morgan fingerprint density at radius 2 is 2.33 bits per heavy atom. The summed E-state index contributed by atoms with van der Waals surface area (Å²) in [5.74, 6) is 1.18. The smallest absolute Gasteiger partial charge is 0.279 e. The van der Waals surface area contributed by atoms with Crippen LogP contribution in [0, 0.1) is 5.92 Å². The van der Waals surface area contributed by atoms with Crippen LogP contribution in [0.15, 0.2) is 22.8 Å². The topological polar surface area (TPSA) is 74.6 Å². The summed E-state index contributed by atoms with van der Waals surface area (Å²) in [5, 5.41) is 3.13. The van der Waals surface area contributed by atoms with E-state index in [9.17, 15) is 8.42 Å². The molecular formula is C14H25N3O3S. The standard InChI is InChI=1S/C14H25N3O3S/c1-12(9-14-6-4-8-20-14)16-21(18,19)17-7-3-5-13(11-17)10-15-2/h4,6,8,12-13,15-16H,3,5,7,9-11H2,1-2H3. The van der Waals surface area contributed by atoms with Gasteiger partial charge < -0.3 is 9.73 Å². The van der Waals surface area contributed by atoms with Crippen LogP contribution in [-0.4, -0.2) is 45.4 Å². The van der Waals surface area contributed by atoms with Gasteiger partial charge in [0.25, 0.3) is 10.2 Å². The Balaban J connectivity index is 1.91. The number of hydrogen-bond donors (Lipinski definition) is 2. The van der Waals surface area contributed by atoms with Crippen molar-refractivity contribution in [1.82, 2.24) is 14.3 Å². The van der Waals surface area contributed by atoms with E-state index < -0.39 is 10.2 Å². The highest BCUT2D eigenvalue weighted by Crippen LogP contribution is 2.18. The number of rotatable bonds is 7. The van der Waals surface area contributed by atoms with Crippen LogP contribution in [0.4, 0.5) is 0 Å². The van der Waals surface area contributed by atoms with Crippen molar-refractivity contribution >= 4 is 10.2 Å². The molecule has 1 saturated heterocycles. The summed E-state index contributed by atoms with van der Waals surface area (Å²) in [5.41, 5.74) is 0. The Bertz CT molecular complexity index is 514. The minimum absolute atomic E-state index is 0.189. The van der Waals surface area contributed by atoms with Crippen molar-refractivity contribution < 1.29 is 12.8 Å². The molecule has 2 heterocycles. The van der Waals surface area contributed by atoms with Gasteiger partial charge in [0.05, 0.1) is 6.26 Å². The molecule has 1 aromatic heterocycles. The molecule has 2 rings (SSSR count). The van der Waals surface area contributed by atoms with Gasteiger partial charge in [-0.05, 0) is 51.4 Å². The lowest BCUT2D eigenvalue weighted by atomic mass is 10.00. The van der Waals surface area contributed by atoms with E-state index >= 15 is 0 Å². The quantitative estimate of drug-likeness (QED) is 0.786. The van der Waals surface area contributed by atoms with Crippen LogP contribution in [0.3, 0.4) is 0 Å². The fourth-order valence-electron chi connectivity index (χ4n) is 2.80. The van der Waals surface area contributed by atoms with Crippen LogP contribution in [0.1, 0.15) is 25.5 Å². The zero-order chi connectivity index (χ0) is 15.3. The Labute approximate surface area is 127 Å². The third kappa shape index (κ3) is 4.81. The molecule has 0 saturated carbocycles. The molecule has 2 unspecified atom stereocenters. The average Bonchev–Trinajstić information content (AvgIpc) is 2.91. The van der Waals surface area contributed by atoms with Gasteiger partial charge in [0, 0.05) is 25.6 Å². The maximum absolute atomic E-state index is 12.4. The fourth-order valence-corrected chi connectivity index (χ4v) is 4.32. The van der Waals surface area contributed by atoms with Gasteiger partial charge in [-0.1, -0.05) is 0 Å². The van der Waals surface area contributed by atoms with Gasteiger partial charge in [0.2, 0.25) is 0 Å². The first-order valence-electron chi connectivity index (χ1n) is 7.45. The van der Waals surface area contributed by atoms with E-state index in [2.05, 4.69) is 10.0 Å². The van der Waals surface area contributed by atoms with Crippen molar-refractivity contribution in [2.24, 2.45) is 5.92 Å². The van der Waals surface area contributed by atoms with Crippen LogP contribution in [0.5, 0.6) is 0 Å². The maximum atomic E-state index is 12.4. The van der Waals surface area contributed by atoms with E-state index in [1.807, 2.05) is 26.1 Å². The molecule has 7 heteroatoms. The first-order chi connectivity index (χ1) is 10.0. The van der Waals surface area contributed by atoms with Gasteiger partial charge in [-0.2, -0.15) is 17.4 Å². The van der Waals surface area contributed by atoms with E-state index in [0.717, 1.165) is 25.1 Å². The molecule has 2 N–H and O–H groups in total. The fraction of sp³-hybridized carbons (Fsp3) is 0.714. The largest absolute Gasteiger partial charge is 0.469 e. The summed E-state index contributed by atoms with van der Waals surface area (Å²) in [6, 6.07) is 3.48. The SMILES string of the molecule is CNCC1CCCN(S(=O)(=O)NC(C)Cc2ccco2)C1. The van der Waals surface area contributed by atoms with Crippen molar-refractivity contribution in [3.05, 3.63) is 24.2 Å². The first kappa shape index (κ1) is 16.5. The Morgan fingerprint density at radius 1 is 1.52 bits per heavy atom. The molecule has 0 amide bonds. The van der Waals surface area contributed by atoms with Gasteiger partial charge in [0.15, 0.2) is 0 Å². The second-order valence-electron chi connectivity index (χ2n) is 5.73. The predicted molar refractivity (Wildman–Crippen MR) is 82.2 cm³/mol. The maximum Gasteiger partial charge on any atom is 0.279 e. The second kappa shape index (κ2) is 7.40. The molecule has 1 aliphatic heterocycles. The lowest BCUT2D eigenvalue weighted by molar-refractivity contribution is 0.259. The average molecular weight is 315 g/mol. The first-order valence-corrected chi connectivity index (χ1v) is 8.89. The summed E-state index contributed by atoms with van der Waals surface area (Å²) in [6.45, 7) is 3.90. The van der Waals surface area contributed by atoms with E-state index in [1.165, 1.54) is 0 Å². The number of furan rings is 1. The minimum atomic E-state index is -3.42. The lowest BCUT2D eigenvalue weighted by Crippen LogP contribution is -2.49. The van der Waals surface area contributed by atoms with Crippen molar-refractivity contribution in [2.75, 3.05) is 26.7 Å². The molecule has 1 aromatic rings. The molecular weight excluding hydrogens is 290 g/mol. The molecule has 0 radical (unpaired) electrons. The lowest BCUT2D eigenvalue weighted by Gasteiger charge is -2.32. The zero-order valence-electron chi connectivity index (χ0n) is 12.7. The van der Waals surface area contributed by atoms with E-state index in [4.69, 9.17) is 4.42 Å². The monoisotopic (exact) mass is 315 g/mol. The zero-order valence-corrected chi connectivity index (χ0v) is 13.5. The van der Waals surface area contributed by atoms with Gasteiger partial charge in [-0.3, -0.25) is 0 Å². The highest BCUT2D eigenvalue weighted by molar-refractivity contribution is 7.87. The Hall–Kier alpha value is -0.890. The second-order valence-corrected chi connectivity index (χ2v) is 7.43. The van der Waals surface area contributed by atoms with Gasteiger partial charge >= 0.3 is 0 Å². The van der Waals surface area contributed by atoms with Crippen molar-refractivity contribution in [1.29, 1.82) is 0 Å². The van der Waals surface area contributed by atoms with Crippen LogP contribution >= 0.6 is 0 Å². The molecule has 120 valence electrons. The van der Waals surface area contributed by atoms with E-state index in [1.54, 1.807) is 10.6 Å². The van der Waals surface area contributed by atoms with Crippen molar-refractivity contribution in [3.63, 3.8) is 0 Å². The molecule has 0 aliphatic carbocycles. The number of nitrogens with one attached hydrogen (secondary N) is 2. The van der Waals surface area contributed by atoms with Gasteiger partial charge in [-0.15, -0.1) is 0 Å². The molecule has 6 nitrogen and oxygen atoms in total. The molecule has 2 atom stereocenters. The number of hydrogen-bond acceptors (Lipinski definition) is 4. The predicted octanol–water partition coefficient (Wildman–Crippen LogP) is 0.976. The highest BCUT2D eigenvalue weighted by atomic mass is 32.2. The van der Waals surface area contributed by atoms with Crippen LogP contribution < -0.4 is 10.0 Å². The third-order valence-electron chi connectivity index (χ3n) is 3.75. The van der Waals surface area contributed by atoms with Crippen LogP contribution in [-0.2, 0) is 16.6 Å². The van der Waals surface area contributed by atoms with Crippen LogP contribution in [0.2, 0.25) is 0 Å². The van der Waals surface area contributed by atoms with Gasteiger partial charge in [-0.25, -0.2) is 0 Å².